The molecule has 1 amide bonds. The summed E-state index contributed by atoms with van der Waals surface area (Å²) in [4.78, 5) is 12.4. The number of para-hydroxylation sites is 1. The zero-order valence-electron chi connectivity index (χ0n) is 12.6. The molecule has 0 spiro atoms. The number of carbonyl (C=O) groups excluding carboxylic acids is 1. The van der Waals surface area contributed by atoms with E-state index in [1.54, 1.807) is 16.9 Å². The second-order valence-electron chi connectivity index (χ2n) is 5.63. The van der Waals surface area contributed by atoms with Gasteiger partial charge in [0.05, 0.1) is 11.8 Å². The molecule has 3 rings (SSSR count). The molecule has 0 radical (unpaired) electrons. The Labute approximate surface area is 132 Å². The molecular weight excluding hydrogens is 304 g/mol. The maximum Gasteiger partial charge on any atom is 0.387 e. The average molecular weight is 321 g/mol. The molecule has 0 saturated heterocycles. The fraction of sp³-hybridized carbons (Fsp3) is 0.375. The minimum atomic E-state index is -2.98. The molecule has 0 unspecified atom stereocenters. The zero-order chi connectivity index (χ0) is 16.4. The molecular formula is C16H17F2N3O2. The van der Waals surface area contributed by atoms with E-state index in [2.05, 4.69) is 15.2 Å². The van der Waals surface area contributed by atoms with Gasteiger partial charge in [-0.1, -0.05) is 12.1 Å². The Kier molecular flexibility index (Phi) is 4.27. The minimum absolute atomic E-state index is 0.0615. The second-order valence-corrected chi connectivity index (χ2v) is 5.63. The van der Waals surface area contributed by atoms with Crippen LogP contribution in [0.1, 0.15) is 28.8 Å². The first-order chi connectivity index (χ1) is 11.0. The largest absolute Gasteiger partial charge is 0.434 e. The number of halogens is 2. The number of hydrogen-bond acceptors (Lipinski definition) is 3. The van der Waals surface area contributed by atoms with E-state index in [4.69, 9.17) is 0 Å². The van der Waals surface area contributed by atoms with Gasteiger partial charge in [-0.2, -0.15) is 13.9 Å². The Balaban J connectivity index is 1.81. The standard InChI is InChI=1S/C16H17F2N3O2/c1-10-8-19-21(9-11-6-7-11)14(10)20-15(22)12-4-2-3-5-13(12)23-16(17)18/h2-5,8,11,16H,6-7,9H2,1H3,(H,20,22). The fourth-order valence-corrected chi connectivity index (χ4v) is 2.35. The third-order valence-electron chi connectivity index (χ3n) is 3.73. The van der Waals surface area contributed by atoms with Crippen LogP contribution in [0, 0.1) is 12.8 Å². The molecule has 0 atom stereocenters. The van der Waals surface area contributed by atoms with Gasteiger partial charge in [0.2, 0.25) is 0 Å². The highest BCUT2D eigenvalue weighted by Crippen LogP contribution is 2.32. The van der Waals surface area contributed by atoms with Crippen LogP contribution in [-0.2, 0) is 6.54 Å². The van der Waals surface area contributed by atoms with Gasteiger partial charge in [0.1, 0.15) is 11.6 Å². The van der Waals surface area contributed by atoms with Gasteiger partial charge in [0.25, 0.3) is 5.91 Å². The molecule has 1 heterocycles. The summed E-state index contributed by atoms with van der Waals surface area (Å²) in [6.07, 6.45) is 4.01. The van der Waals surface area contributed by atoms with Crippen LogP contribution in [0.3, 0.4) is 0 Å². The Morgan fingerprint density at radius 2 is 2.17 bits per heavy atom. The van der Waals surface area contributed by atoms with Crippen molar-refractivity contribution in [2.24, 2.45) is 5.92 Å². The second kappa shape index (κ2) is 6.36. The van der Waals surface area contributed by atoms with Crippen LogP contribution in [0.4, 0.5) is 14.6 Å². The van der Waals surface area contributed by atoms with Crippen molar-refractivity contribution in [3.05, 3.63) is 41.6 Å². The average Bonchev–Trinajstić information content (AvgIpc) is 3.26. The van der Waals surface area contributed by atoms with Crippen LogP contribution in [0.2, 0.25) is 0 Å². The first kappa shape index (κ1) is 15.5. The van der Waals surface area contributed by atoms with Crippen LogP contribution >= 0.6 is 0 Å². The van der Waals surface area contributed by atoms with Crippen molar-refractivity contribution >= 4 is 11.7 Å². The molecule has 23 heavy (non-hydrogen) atoms. The summed E-state index contributed by atoms with van der Waals surface area (Å²) in [5.41, 5.74) is 0.887. The van der Waals surface area contributed by atoms with Crippen LogP contribution in [-0.4, -0.2) is 22.3 Å². The number of amides is 1. The fourth-order valence-electron chi connectivity index (χ4n) is 2.35. The third kappa shape index (κ3) is 3.67. The lowest BCUT2D eigenvalue weighted by atomic mass is 10.2. The molecule has 1 aromatic heterocycles. The van der Waals surface area contributed by atoms with Gasteiger partial charge < -0.3 is 10.1 Å². The van der Waals surface area contributed by atoms with Crippen molar-refractivity contribution in [3.63, 3.8) is 0 Å². The molecule has 0 bridgehead atoms. The SMILES string of the molecule is Cc1cnn(CC2CC2)c1NC(=O)c1ccccc1OC(F)F. The van der Waals surface area contributed by atoms with Crippen molar-refractivity contribution in [1.29, 1.82) is 0 Å². The predicted molar refractivity (Wildman–Crippen MR) is 80.7 cm³/mol. The third-order valence-corrected chi connectivity index (χ3v) is 3.73. The monoisotopic (exact) mass is 321 g/mol. The Bertz CT molecular complexity index is 711. The molecule has 0 aliphatic heterocycles. The summed E-state index contributed by atoms with van der Waals surface area (Å²) in [5.74, 6) is 0.543. The number of aromatic nitrogens is 2. The van der Waals surface area contributed by atoms with E-state index in [0.717, 1.165) is 24.9 Å². The van der Waals surface area contributed by atoms with E-state index in [1.165, 1.54) is 18.2 Å². The van der Waals surface area contributed by atoms with E-state index in [0.29, 0.717) is 11.7 Å². The van der Waals surface area contributed by atoms with Crippen LogP contribution in [0.15, 0.2) is 30.5 Å². The molecule has 1 saturated carbocycles. The van der Waals surface area contributed by atoms with Crippen molar-refractivity contribution < 1.29 is 18.3 Å². The molecule has 2 aromatic rings. The van der Waals surface area contributed by atoms with Gasteiger partial charge in [-0.15, -0.1) is 0 Å². The highest BCUT2D eigenvalue weighted by atomic mass is 19.3. The number of ether oxygens (including phenoxy) is 1. The smallest absolute Gasteiger partial charge is 0.387 e. The van der Waals surface area contributed by atoms with E-state index in [9.17, 15) is 13.6 Å². The van der Waals surface area contributed by atoms with Crippen molar-refractivity contribution in [2.45, 2.75) is 32.9 Å². The van der Waals surface area contributed by atoms with Crippen molar-refractivity contribution in [1.82, 2.24) is 9.78 Å². The number of hydrogen-bond donors (Lipinski definition) is 1. The lowest BCUT2D eigenvalue weighted by Crippen LogP contribution is -2.18. The summed E-state index contributed by atoms with van der Waals surface area (Å²) in [6, 6.07) is 5.93. The molecule has 122 valence electrons. The Morgan fingerprint density at radius 1 is 1.43 bits per heavy atom. The van der Waals surface area contributed by atoms with Gasteiger partial charge in [0, 0.05) is 12.1 Å². The molecule has 1 aliphatic rings. The van der Waals surface area contributed by atoms with Crippen LogP contribution < -0.4 is 10.1 Å². The summed E-state index contributed by atoms with van der Waals surface area (Å²) >= 11 is 0. The highest BCUT2D eigenvalue weighted by molar-refractivity contribution is 6.06. The van der Waals surface area contributed by atoms with Crippen LogP contribution in [0.5, 0.6) is 5.75 Å². The van der Waals surface area contributed by atoms with Gasteiger partial charge in [0.15, 0.2) is 0 Å². The van der Waals surface area contributed by atoms with Crippen LogP contribution in [0.25, 0.3) is 0 Å². The van der Waals surface area contributed by atoms with Gasteiger partial charge in [-0.05, 0) is 37.8 Å². The quantitative estimate of drug-likeness (QED) is 0.886. The number of benzene rings is 1. The molecule has 7 heteroatoms. The maximum absolute atomic E-state index is 12.5. The number of nitrogens with one attached hydrogen (secondary N) is 1. The summed E-state index contributed by atoms with van der Waals surface area (Å²) < 4.78 is 31.1. The number of nitrogens with zero attached hydrogens (tertiary/aromatic N) is 2. The van der Waals surface area contributed by atoms with Gasteiger partial charge in [-0.25, -0.2) is 4.68 Å². The van der Waals surface area contributed by atoms with E-state index in [-0.39, 0.29) is 11.3 Å². The number of alkyl halides is 2. The first-order valence-electron chi connectivity index (χ1n) is 7.42. The lowest BCUT2D eigenvalue weighted by Gasteiger charge is -2.12. The summed E-state index contributed by atoms with van der Waals surface area (Å²) in [6.45, 7) is -0.391. The zero-order valence-corrected chi connectivity index (χ0v) is 12.6. The van der Waals surface area contributed by atoms with Gasteiger partial charge >= 0.3 is 6.61 Å². The Morgan fingerprint density at radius 3 is 2.87 bits per heavy atom. The summed E-state index contributed by atoms with van der Waals surface area (Å²) in [7, 11) is 0. The topological polar surface area (TPSA) is 56.2 Å². The molecule has 5 nitrogen and oxygen atoms in total. The number of rotatable bonds is 6. The van der Waals surface area contributed by atoms with Crippen molar-refractivity contribution in [2.75, 3.05) is 5.32 Å². The number of carbonyl (C=O) groups is 1. The lowest BCUT2D eigenvalue weighted by molar-refractivity contribution is -0.0501. The van der Waals surface area contributed by atoms with Gasteiger partial charge in [-0.3, -0.25) is 4.79 Å². The Hall–Kier alpha value is -2.44. The number of aryl methyl sites for hydroxylation is 1. The molecule has 1 aromatic carbocycles. The van der Waals surface area contributed by atoms with E-state index >= 15 is 0 Å². The number of anilines is 1. The molecule has 1 N–H and O–H groups in total. The molecule has 1 fully saturated rings. The van der Waals surface area contributed by atoms with E-state index in [1.807, 2.05) is 6.92 Å². The maximum atomic E-state index is 12.5. The predicted octanol–water partition coefficient (Wildman–Crippen LogP) is 3.46. The summed E-state index contributed by atoms with van der Waals surface area (Å²) in [5, 5.41) is 7.02. The van der Waals surface area contributed by atoms with Crippen molar-refractivity contribution in [3.8, 4) is 5.75 Å². The molecule has 1 aliphatic carbocycles. The first-order valence-corrected chi connectivity index (χ1v) is 7.42. The normalized spacial score (nSPS) is 14.1. The van der Waals surface area contributed by atoms with E-state index < -0.39 is 12.5 Å². The minimum Gasteiger partial charge on any atom is -0.434 e. The highest BCUT2D eigenvalue weighted by Gasteiger charge is 2.24.